The number of anilines is 1. The van der Waals surface area contributed by atoms with Crippen LogP contribution in [0.3, 0.4) is 0 Å². The van der Waals surface area contributed by atoms with Gasteiger partial charge in [0.2, 0.25) is 0 Å². The fourth-order valence-electron chi connectivity index (χ4n) is 1.87. The highest BCUT2D eigenvalue weighted by molar-refractivity contribution is 5.74. The summed E-state index contributed by atoms with van der Waals surface area (Å²) in [5.41, 5.74) is 1.04. The molecule has 1 aromatic heterocycles. The van der Waals surface area contributed by atoms with Gasteiger partial charge in [-0.25, -0.2) is 9.78 Å². The first kappa shape index (κ1) is 13.6. The lowest BCUT2D eigenvalue weighted by atomic mass is 10.2. The molecule has 0 unspecified atom stereocenters. The molecule has 2 rings (SSSR count). The Labute approximate surface area is 113 Å². The van der Waals surface area contributed by atoms with Gasteiger partial charge in [0.05, 0.1) is 13.2 Å². The van der Waals surface area contributed by atoms with Crippen LogP contribution in [0.25, 0.3) is 0 Å². The molecule has 2 heterocycles. The Hall–Kier alpha value is -1.82. The highest BCUT2D eigenvalue weighted by Gasteiger charge is 2.16. The number of nitrogens with zero attached hydrogens (tertiary/aromatic N) is 3. The summed E-state index contributed by atoms with van der Waals surface area (Å²) in [4.78, 5) is 19.9. The van der Waals surface area contributed by atoms with Crippen molar-refractivity contribution in [2.75, 3.05) is 45.3 Å². The van der Waals surface area contributed by atoms with Crippen LogP contribution in [0, 0.1) is 0 Å². The van der Waals surface area contributed by atoms with Gasteiger partial charge >= 0.3 is 6.03 Å². The molecule has 0 aromatic carbocycles. The minimum Gasteiger partial charge on any atom is -0.378 e. The number of ether oxygens (including phenoxy) is 1. The zero-order valence-corrected chi connectivity index (χ0v) is 11.4. The lowest BCUT2D eigenvalue weighted by molar-refractivity contribution is 0.0531. The monoisotopic (exact) mass is 264 g/mol. The van der Waals surface area contributed by atoms with E-state index < -0.39 is 0 Å². The molecule has 2 amide bonds. The van der Waals surface area contributed by atoms with Crippen molar-refractivity contribution in [1.82, 2.24) is 15.2 Å². The van der Waals surface area contributed by atoms with Crippen molar-refractivity contribution in [2.45, 2.75) is 6.54 Å². The normalized spacial score (nSPS) is 15.2. The van der Waals surface area contributed by atoms with E-state index in [0.29, 0.717) is 32.8 Å². The molecular formula is C13H20N4O2. The van der Waals surface area contributed by atoms with Crippen molar-refractivity contribution in [3.8, 4) is 0 Å². The molecule has 0 spiro atoms. The number of urea groups is 1. The standard InChI is InChI=1S/C13H20N4O2/c1-16(2)12-9-11(3-4-14-12)10-15-13(18)17-5-7-19-8-6-17/h3-4,9H,5-8,10H2,1-2H3,(H,15,18). The van der Waals surface area contributed by atoms with Gasteiger partial charge in [-0.1, -0.05) is 0 Å². The number of carbonyl (C=O) groups excluding carboxylic acids is 1. The van der Waals surface area contributed by atoms with Crippen LogP contribution in [-0.4, -0.2) is 56.3 Å². The maximum Gasteiger partial charge on any atom is 0.317 e. The molecular weight excluding hydrogens is 244 g/mol. The van der Waals surface area contributed by atoms with Crippen molar-refractivity contribution in [2.24, 2.45) is 0 Å². The number of rotatable bonds is 3. The van der Waals surface area contributed by atoms with Crippen molar-refractivity contribution in [3.63, 3.8) is 0 Å². The summed E-state index contributed by atoms with van der Waals surface area (Å²) in [6.45, 7) is 3.07. The Balaban J connectivity index is 1.87. The maximum atomic E-state index is 11.9. The fraction of sp³-hybridized carbons (Fsp3) is 0.538. The fourth-order valence-corrected chi connectivity index (χ4v) is 1.87. The summed E-state index contributed by atoms with van der Waals surface area (Å²) in [5, 5.41) is 2.92. The number of nitrogens with one attached hydrogen (secondary N) is 1. The quantitative estimate of drug-likeness (QED) is 0.872. The van der Waals surface area contributed by atoms with E-state index in [0.717, 1.165) is 11.4 Å². The van der Waals surface area contributed by atoms with Crippen molar-refractivity contribution >= 4 is 11.8 Å². The molecule has 104 valence electrons. The highest BCUT2D eigenvalue weighted by Crippen LogP contribution is 2.09. The number of amides is 2. The van der Waals surface area contributed by atoms with Gasteiger partial charge in [0.25, 0.3) is 0 Å². The van der Waals surface area contributed by atoms with Crippen LogP contribution in [0.4, 0.5) is 10.6 Å². The third-order valence-corrected chi connectivity index (χ3v) is 3.01. The van der Waals surface area contributed by atoms with Gasteiger partial charge in [0, 0.05) is 39.9 Å². The number of carbonyl (C=O) groups is 1. The summed E-state index contributed by atoms with van der Waals surface area (Å²) in [5.74, 6) is 0.887. The molecule has 0 bridgehead atoms. The summed E-state index contributed by atoms with van der Waals surface area (Å²) in [6, 6.07) is 3.85. The average molecular weight is 264 g/mol. The smallest absolute Gasteiger partial charge is 0.317 e. The Kier molecular flexibility index (Phi) is 4.57. The second-order valence-corrected chi connectivity index (χ2v) is 4.67. The molecule has 6 heteroatoms. The van der Waals surface area contributed by atoms with Gasteiger partial charge in [-0.3, -0.25) is 0 Å². The molecule has 0 saturated carbocycles. The SMILES string of the molecule is CN(C)c1cc(CNC(=O)N2CCOCC2)ccn1. The molecule has 19 heavy (non-hydrogen) atoms. The van der Waals surface area contributed by atoms with Crippen molar-refractivity contribution < 1.29 is 9.53 Å². The van der Waals surface area contributed by atoms with E-state index in [1.54, 1.807) is 11.1 Å². The zero-order chi connectivity index (χ0) is 13.7. The number of aromatic nitrogens is 1. The van der Waals surface area contributed by atoms with Crippen LogP contribution in [0.15, 0.2) is 18.3 Å². The molecule has 0 atom stereocenters. The Morgan fingerprint density at radius 1 is 1.47 bits per heavy atom. The van der Waals surface area contributed by atoms with Crippen LogP contribution < -0.4 is 10.2 Å². The van der Waals surface area contributed by atoms with E-state index in [-0.39, 0.29) is 6.03 Å². The predicted octanol–water partition coefficient (Wildman–Crippen LogP) is 0.689. The molecule has 1 aliphatic rings. The van der Waals surface area contributed by atoms with E-state index in [1.807, 2.05) is 31.1 Å². The first-order valence-corrected chi connectivity index (χ1v) is 6.39. The van der Waals surface area contributed by atoms with E-state index in [1.165, 1.54) is 0 Å². The third-order valence-electron chi connectivity index (χ3n) is 3.01. The largest absolute Gasteiger partial charge is 0.378 e. The van der Waals surface area contributed by atoms with Crippen LogP contribution in [0.1, 0.15) is 5.56 Å². The van der Waals surface area contributed by atoms with E-state index in [4.69, 9.17) is 4.74 Å². The lowest BCUT2D eigenvalue weighted by Crippen LogP contribution is -2.45. The van der Waals surface area contributed by atoms with Crippen molar-refractivity contribution in [3.05, 3.63) is 23.9 Å². The first-order valence-electron chi connectivity index (χ1n) is 6.39. The zero-order valence-electron chi connectivity index (χ0n) is 11.4. The Morgan fingerprint density at radius 3 is 2.89 bits per heavy atom. The van der Waals surface area contributed by atoms with E-state index in [9.17, 15) is 4.79 Å². The number of hydrogen-bond acceptors (Lipinski definition) is 4. The van der Waals surface area contributed by atoms with Crippen LogP contribution in [0.5, 0.6) is 0 Å². The summed E-state index contributed by atoms with van der Waals surface area (Å²) in [7, 11) is 3.89. The van der Waals surface area contributed by atoms with Crippen LogP contribution >= 0.6 is 0 Å². The molecule has 1 aliphatic heterocycles. The third kappa shape index (κ3) is 3.82. The molecule has 1 N–H and O–H groups in total. The van der Waals surface area contributed by atoms with Gasteiger partial charge in [-0.05, 0) is 17.7 Å². The summed E-state index contributed by atoms with van der Waals surface area (Å²) >= 11 is 0. The highest BCUT2D eigenvalue weighted by atomic mass is 16.5. The first-order chi connectivity index (χ1) is 9.16. The average Bonchev–Trinajstić information content (AvgIpc) is 2.46. The number of pyridine rings is 1. The minimum absolute atomic E-state index is 0.0356. The predicted molar refractivity (Wildman–Crippen MR) is 73.2 cm³/mol. The molecule has 0 aliphatic carbocycles. The topological polar surface area (TPSA) is 57.7 Å². The van der Waals surface area contributed by atoms with Gasteiger partial charge < -0.3 is 19.9 Å². The van der Waals surface area contributed by atoms with E-state index >= 15 is 0 Å². The molecule has 1 aromatic rings. The lowest BCUT2D eigenvalue weighted by Gasteiger charge is -2.27. The molecule has 1 saturated heterocycles. The van der Waals surface area contributed by atoms with Gasteiger partial charge in [0.1, 0.15) is 5.82 Å². The molecule has 6 nitrogen and oxygen atoms in total. The van der Waals surface area contributed by atoms with Crippen LogP contribution in [-0.2, 0) is 11.3 Å². The summed E-state index contributed by atoms with van der Waals surface area (Å²) in [6.07, 6.45) is 1.76. The molecule has 0 radical (unpaired) electrons. The number of morpholine rings is 1. The van der Waals surface area contributed by atoms with Gasteiger partial charge in [-0.15, -0.1) is 0 Å². The molecule has 1 fully saturated rings. The Morgan fingerprint density at radius 2 is 2.21 bits per heavy atom. The van der Waals surface area contributed by atoms with E-state index in [2.05, 4.69) is 10.3 Å². The van der Waals surface area contributed by atoms with Crippen molar-refractivity contribution in [1.29, 1.82) is 0 Å². The maximum absolute atomic E-state index is 11.9. The number of hydrogen-bond donors (Lipinski definition) is 1. The van der Waals surface area contributed by atoms with Gasteiger partial charge in [-0.2, -0.15) is 0 Å². The minimum atomic E-state index is -0.0356. The van der Waals surface area contributed by atoms with Gasteiger partial charge in [0.15, 0.2) is 0 Å². The summed E-state index contributed by atoms with van der Waals surface area (Å²) < 4.78 is 5.22. The Bertz CT molecular complexity index is 430. The van der Waals surface area contributed by atoms with Crippen LogP contribution in [0.2, 0.25) is 0 Å². The second-order valence-electron chi connectivity index (χ2n) is 4.67. The second kappa shape index (κ2) is 6.38.